The van der Waals surface area contributed by atoms with Crippen LogP contribution in [0.3, 0.4) is 0 Å². The lowest BCUT2D eigenvalue weighted by molar-refractivity contribution is -0.124. The third-order valence-corrected chi connectivity index (χ3v) is 4.72. The molecule has 25 heavy (non-hydrogen) atoms. The van der Waals surface area contributed by atoms with Crippen LogP contribution in [0.4, 0.5) is 5.69 Å². The standard InChI is InChI=1S/C19H26N2O4/c1-2-21(13-16-8-4-10-24-16)19(23)14-6-3-7-15(12-14)20-18(22)17-9-5-11-25-17/h3,6-7,12,16-17H,2,4-5,8-11,13H2,1H3,(H,20,22)/t16-,17-/m0/s1. The summed E-state index contributed by atoms with van der Waals surface area (Å²) in [6.07, 6.45) is 3.46. The van der Waals surface area contributed by atoms with E-state index in [1.807, 2.05) is 6.92 Å². The number of hydrogen-bond acceptors (Lipinski definition) is 4. The van der Waals surface area contributed by atoms with Gasteiger partial charge in [0.05, 0.1) is 6.10 Å². The van der Waals surface area contributed by atoms with E-state index in [4.69, 9.17) is 9.47 Å². The molecule has 6 nitrogen and oxygen atoms in total. The summed E-state index contributed by atoms with van der Waals surface area (Å²) < 4.78 is 11.0. The Kier molecular flexibility index (Phi) is 6.04. The second kappa shape index (κ2) is 8.45. The molecular formula is C19H26N2O4. The quantitative estimate of drug-likeness (QED) is 0.859. The molecule has 0 radical (unpaired) electrons. The van der Waals surface area contributed by atoms with Gasteiger partial charge in [0, 0.05) is 37.6 Å². The van der Waals surface area contributed by atoms with Gasteiger partial charge < -0.3 is 19.7 Å². The molecular weight excluding hydrogens is 320 g/mol. The molecule has 6 heteroatoms. The van der Waals surface area contributed by atoms with Gasteiger partial charge in [-0.25, -0.2) is 0 Å². The van der Waals surface area contributed by atoms with Crippen molar-refractivity contribution in [3.05, 3.63) is 29.8 Å². The summed E-state index contributed by atoms with van der Waals surface area (Å²) in [7, 11) is 0. The maximum absolute atomic E-state index is 12.8. The van der Waals surface area contributed by atoms with Crippen LogP contribution in [0.15, 0.2) is 24.3 Å². The van der Waals surface area contributed by atoms with Crippen molar-refractivity contribution in [2.24, 2.45) is 0 Å². The van der Waals surface area contributed by atoms with Crippen LogP contribution in [-0.2, 0) is 14.3 Å². The average molecular weight is 346 g/mol. The van der Waals surface area contributed by atoms with Crippen molar-refractivity contribution >= 4 is 17.5 Å². The first kappa shape index (κ1) is 17.9. The van der Waals surface area contributed by atoms with Gasteiger partial charge in [-0.2, -0.15) is 0 Å². The van der Waals surface area contributed by atoms with Gasteiger partial charge in [0.25, 0.3) is 11.8 Å². The number of benzene rings is 1. The summed E-state index contributed by atoms with van der Waals surface area (Å²) in [6, 6.07) is 7.09. The van der Waals surface area contributed by atoms with Crippen LogP contribution >= 0.6 is 0 Å². The number of likely N-dealkylation sites (N-methyl/N-ethyl adjacent to an activating group) is 1. The highest BCUT2D eigenvalue weighted by molar-refractivity contribution is 5.98. The van der Waals surface area contributed by atoms with E-state index in [1.54, 1.807) is 29.2 Å². The number of carbonyl (C=O) groups is 2. The van der Waals surface area contributed by atoms with E-state index < -0.39 is 0 Å². The summed E-state index contributed by atoms with van der Waals surface area (Å²) in [5.41, 5.74) is 1.20. The van der Waals surface area contributed by atoms with Gasteiger partial charge in [0.15, 0.2) is 0 Å². The molecule has 0 unspecified atom stereocenters. The minimum atomic E-state index is -0.383. The molecule has 2 amide bonds. The fourth-order valence-corrected chi connectivity index (χ4v) is 3.31. The number of nitrogens with one attached hydrogen (secondary N) is 1. The van der Waals surface area contributed by atoms with E-state index in [9.17, 15) is 9.59 Å². The van der Waals surface area contributed by atoms with Gasteiger partial charge >= 0.3 is 0 Å². The fourth-order valence-electron chi connectivity index (χ4n) is 3.31. The first-order chi connectivity index (χ1) is 12.2. The van der Waals surface area contributed by atoms with E-state index in [0.717, 1.165) is 32.3 Å². The first-order valence-corrected chi connectivity index (χ1v) is 9.10. The largest absolute Gasteiger partial charge is 0.376 e. The van der Waals surface area contributed by atoms with E-state index in [2.05, 4.69) is 5.32 Å². The summed E-state index contributed by atoms with van der Waals surface area (Å²) in [5, 5.41) is 2.85. The molecule has 2 atom stereocenters. The van der Waals surface area contributed by atoms with Crippen molar-refractivity contribution < 1.29 is 19.1 Å². The molecule has 1 N–H and O–H groups in total. The number of ether oxygens (including phenoxy) is 2. The van der Waals surface area contributed by atoms with Gasteiger partial charge in [0.2, 0.25) is 0 Å². The molecule has 2 heterocycles. The van der Waals surface area contributed by atoms with Crippen molar-refractivity contribution in [3.8, 4) is 0 Å². The number of carbonyl (C=O) groups excluding carboxylic acids is 2. The second-order valence-corrected chi connectivity index (χ2v) is 6.55. The molecule has 0 aliphatic carbocycles. The van der Waals surface area contributed by atoms with E-state index in [-0.39, 0.29) is 24.0 Å². The highest BCUT2D eigenvalue weighted by atomic mass is 16.5. The summed E-state index contributed by atoms with van der Waals surface area (Å²) >= 11 is 0. The fraction of sp³-hybridized carbons (Fsp3) is 0.579. The Hall–Kier alpha value is -1.92. The highest BCUT2D eigenvalue weighted by Gasteiger charge is 2.25. The Balaban J connectivity index is 1.64. The Morgan fingerprint density at radius 1 is 1.20 bits per heavy atom. The molecule has 0 aromatic heterocycles. The number of amides is 2. The van der Waals surface area contributed by atoms with Crippen LogP contribution in [0.2, 0.25) is 0 Å². The molecule has 136 valence electrons. The molecule has 0 bridgehead atoms. The maximum atomic E-state index is 12.8. The smallest absolute Gasteiger partial charge is 0.254 e. The summed E-state index contributed by atoms with van der Waals surface area (Å²) in [4.78, 5) is 26.8. The first-order valence-electron chi connectivity index (χ1n) is 9.10. The van der Waals surface area contributed by atoms with Gasteiger partial charge in [-0.3, -0.25) is 9.59 Å². The van der Waals surface area contributed by atoms with Crippen molar-refractivity contribution in [1.82, 2.24) is 4.90 Å². The van der Waals surface area contributed by atoms with E-state index in [0.29, 0.717) is 30.9 Å². The highest BCUT2D eigenvalue weighted by Crippen LogP contribution is 2.18. The zero-order valence-corrected chi connectivity index (χ0v) is 14.7. The molecule has 3 rings (SSSR count). The monoisotopic (exact) mass is 346 g/mol. The molecule has 0 saturated carbocycles. The number of nitrogens with zero attached hydrogens (tertiary/aromatic N) is 1. The zero-order valence-electron chi connectivity index (χ0n) is 14.7. The molecule has 1 aromatic rings. The Morgan fingerprint density at radius 2 is 2.00 bits per heavy atom. The van der Waals surface area contributed by atoms with Crippen molar-refractivity contribution in [2.45, 2.75) is 44.8 Å². The minimum absolute atomic E-state index is 0.0359. The summed E-state index contributed by atoms with van der Waals surface area (Å²) in [5.74, 6) is -0.181. The lowest BCUT2D eigenvalue weighted by Crippen LogP contribution is -2.37. The normalized spacial score (nSPS) is 22.8. The van der Waals surface area contributed by atoms with E-state index in [1.165, 1.54) is 0 Å². The third kappa shape index (κ3) is 4.58. The third-order valence-electron chi connectivity index (χ3n) is 4.72. The number of rotatable bonds is 6. The minimum Gasteiger partial charge on any atom is -0.376 e. The zero-order chi connectivity index (χ0) is 17.6. The molecule has 2 aliphatic heterocycles. The van der Waals surface area contributed by atoms with E-state index >= 15 is 0 Å². The number of hydrogen-bond donors (Lipinski definition) is 1. The van der Waals surface area contributed by atoms with Crippen LogP contribution in [0.1, 0.15) is 43.0 Å². The SMILES string of the molecule is CCN(C[C@@H]1CCCO1)C(=O)c1cccc(NC(=O)[C@@H]2CCCO2)c1. The van der Waals surface area contributed by atoms with Crippen LogP contribution < -0.4 is 5.32 Å². The molecule has 1 aromatic carbocycles. The van der Waals surface area contributed by atoms with Crippen LogP contribution in [0.25, 0.3) is 0 Å². The topological polar surface area (TPSA) is 67.9 Å². The molecule has 0 spiro atoms. The predicted octanol–water partition coefficient (Wildman–Crippen LogP) is 2.45. The molecule has 2 saturated heterocycles. The van der Waals surface area contributed by atoms with Gasteiger partial charge in [-0.1, -0.05) is 6.07 Å². The lowest BCUT2D eigenvalue weighted by atomic mass is 10.1. The van der Waals surface area contributed by atoms with Gasteiger partial charge in [0.1, 0.15) is 6.10 Å². The predicted molar refractivity (Wildman–Crippen MR) is 94.6 cm³/mol. The average Bonchev–Trinajstić information content (AvgIpc) is 3.33. The maximum Gasteiger partial charge on any atom is 0.254 e. The summed E-state index contributed by atoms with van der Waals surface area (Å²) in [6.45, 7) is 4.62. The van der Waals surface area contributed by atoms with Crippen molar-refractivity contribution in [1.29, 1.82) is 0 Å². The molecule has 2 aliphatic rings. The van der Waals surface area contributed by atoms with Crippen LogP contribution in [0.5, 0.6) is 0 Å². The Labute approximate surface area is 148 Å². The second-order valence-electron chi connectivity index (χ2n) is 6.55. The lowest BCUT2D eigenvalue weighted by Gasteiger charge is -2.24. The van der Waals surface area contributed by atoms with Gasteiger partial charge in [-0.05, 0) is 50.8 Å². The van der Waals surface area contributed by atoms with Crippen LogP contribution in [0, 0.1) is 0 Å². The Bertz CT molecular complexity index is 607. The Morgan fingerprint density at radius 3 is 2.68 bits per heavy atom. The van der Waals surface area contributed by atoms with Crippen LogP contribution in [-0.4, -0.2) is 55.2 Å². The number of anilines is 1. The van der Waals surface area contributed by atoms with Crippen molar-refractivity contribution in [2.75, 3.05) is 31.6 Å². The van der Waals surface area contributed by atoms with Crippen molar-refractivity contribution in [3.63, 3.8) is 0 Å². The van der Waals surface area contributed by atoms with Gasteiger partial charge in [-0.15, -0.1) is 0 Å². The molecule has 2 fully saturated rings.